The zero-order valence-electron chi connectivity index (χ0n) is 26.8. The van der Waals surface area contributed by atoms with E-state index in [9.17, 15) is 28.8 Å². The molecule has 1 aromatic rings. The minimum atomic E-state index is -0.957. The van der Waals surface area contributed by atoms with Crippen LogP contribution in [0.3, 0.4) is 0 Å². The highest BCUT2D eigenvalue weighted by Crippen LogP contribution is 2.19. The van der Waals surface area contributed by atoms with E-state index in [2.05, 4.69) is 26.6 Å². The van der Waals surface area contributed by atoms with Gasteiger partial charge in [0.15, 0.2) is 0 Å². The molecule has 1 heterocycles. The molecule has 0 radical (unpaired) electrons. The lowest BCUT2D eigenvalue weighted by Crippen LogP contribution is -2.54. The standard InChI is InChI=1S/C31H49N7O7/c1-5-45-30(43)22-14-17-38(18-15-22)26(40)13-12-25(39)37-27(20(2)3)29(42)36-24(7-6-16-34-31(32)44)28(41)35-23-10-8-21(9-11-23)19-33-4/h8-11,20,22,24,27,33H,5-7,12-19H2,1-4H3,(H,35,41)(H,36,42)(H,37,39)(H3,32,34,44)/t24-,27-/m0/s1. The summed E-state index contributed by atoms with van der Waals surface area (Å²) < 4.78 is 5.07. The Morgan fingerprint density at radius 2 is 1.64 bits per heavy atom. The molecule has 0 spiro atoms. The first-order valence-corrected chi connectivity index (χ1v) is 15.6. The number of hydrogen-bond donors (Lipinski definition) is 6. The van der Waals surface area contributed by atoms with Crippen LogP contribution in [0, 0.1) is 11.8 Å². The molecule has 7 N–H and O–H groups in total. The van der Waals surface area contributed by atoms with Crippen molar-refractivity contribution in [1.29, 1.82) is 0 Å². The molecule has 14 nitrogen and oxygen atoms in total. The summed E-state index contributed by atoms with van der Waals surface area (Å²) in [6.45, 7) is 7.32. The number of rotatable bonds is 17. The van der Waals surface area contributed by atoms with E-state index in [1.165, 1.54) is 0 Å². The van der Waals surface area contributed by atoms with Gasteiger partial charge in [0.25, 0.3) is 0 Å². The highest BCUT2D eigenvalue weighted by atomic mass is 16.5. The molecule has 0 bridgehead atoms. The molecule has 0 aromatic heterocycles. The molecule has 2 atom stereocenters. The number of urea groups is 1. The monoisotopic (exact) mass is 631 g/mol. The Balaban J connectivity index is 1.96. The summed E-state index contributed by atoms with van der Waals surface area (Å²) in [4.78, 5) is 76.7. The van der Waals surface area contributed by atoms with E-state index in [4.69, 9.17) is 10.5 Å². The smallest absolute Gasteiger partial charge is 0.312 e. The van der Waals surface area contributed by atoms with E-state index in [0.29, 0.717) is 51.2 Å². The van der Waals surface area contributed by atoms with Gasteiger partial charge in [-0.1, -0.05) is 26.0 Å². The number of hydrogen-bond acceptors (Lipinski definition) is 8. The Labute approximate surface area is 264 Å². The topological polar surface area (TPSA) is 201 Å². The van der Waals surface area contributed by atoms with Crippen LogP contribution in [-0.2, 0) is 35.3 Å². The fourth-order valence-electron chi connectivity index (χ4n) is 4.97. The number of primary amides is 1. The number of anilines is 1. The Morgan fingerprint density at radius 3 is 2.22 bits per heavy atom. The van der Waals surface area contributed by atoms with Crippen LogP contribution < -0.4 is 32.3 Å². The Morgan fingerprint density at radius 1 is 0.978 bits per heavy atom. The molecule has 14 heteroatoms. The second-order valence-corrected chi connectivity index (χ2v) is 11.4. The predicted octanol–water partition coefficient (Wildman–Crippen LogP) is 1.00. The molecule has 1 aliphatic heterocycles. The number of piperidine rings is 1. The second kappa shape index (κ2) is 19.2. The van der Waals surface area contributed by atoms with E-state index in [1.54, 1.807) is 37.8 Å². The molecule has 45 heavy (non-hydrogen) atoms. The first-order valence-electron chi connectivity index (χ1n) is 15.6. The second-order valence-electron chi connectivity index (χ2n) is 11.4. The summed E-state index contributed by atoms with van der Waals surface area (Å²) in [6, 6.07) is 4.67. The Hall–Kier alpha value is -4.20. The zero-order valence-corrected chi connectivity index (χ0v) is 26.8. The highest BCUT2D eigenvalue weighted by molar-refractivity contribution is 5.98. The van der Waals surface area contributed by atoms with Gasteiger partial charge in [-0.2, -0.15) is 0 Å². The number of carbonyl (C=O) groups is 6. The molecule has 1 aromatic carbocycles. The van der Waals surface area contributed by atoms with Crippen molar-refractivity contribution in [3.8, 4) is 0 Å². The van der Waals surface area contributed by atoms with Gasteiger partial charge in [-0.05, 0) is 63.3 Å². The van der Waals surface area contributed by atoms with Crippen molar-refractivity contribution in [2.24, 2.45) is 17.6 Å². The first-order chi connectivity index (χ1) is 21.4. The molecule has 2 rings (SSSR count). The number of nitrogens with zero attached hydrogens (tertiary/aromatic N) is 1. The summed E-state index contributed by atoms with van der Waals surface area (Å²) >= 11 is 0. The zero-order chi connectivity index (χ0) is 33.4. The van der Waals surface area contributed by atoms with Gasteiger partial charge in [0.2, 0.25) is 23.6 Å². The normalized spacial score (nSPS) is 14.6. The molecule has 6 amide bonds. The van der Waals surface area contributed by atoms with Crippen LogP contribution in [0.1, 0.15) is 64.9 Å². The lowest BCUT2D eigenvalue weighted by atomic mass is 9.96. The highest BCUT2D eigenvalue weighted by Gasteiger charge is 2.30. The van der Waals surface area contributed by atoms with E-state index >= 15 is 0 Å². The van der Waals surface area contributed by atoms with Crippen molar-refractivity contribution in [1.82, 2.24) is 26.2 Å². The van der Waals surface area contributed by atoms with Crippen LogP contribution >= 0.6 is 0 Å². The minimum Gasteiger partial charge on any atom is -0.466 e. The maximum Gasteiger partial charge on any atom is 0.312 e. The van der Waals surface area contributed by atoms with Crippen LogP contribution in [0.2, 0.25) is 0 Å². The number of nitrogens with one attached hydrogen (secondary N) is 5. The van der Waals surface area contributed by atoms with Crippen molar-refractivity contribution in [3.05, 3.63) is 29.8 Å². The van der Waals surface area contributed by atoms with E-state index in [0.717, 1.165) is 5.56 Å². The van der Waals surface area contributed by atoms with Crippen LogP contribution in [0.5, 0.6) is 0 Å². The molecule has 1 aliphatic rings. The summed E-state index contributed by atoms with van der Waals surface area (Å²) in [5.74, 6) is -2.44. The average molecular weight is 632 g/mol. The van der Waals surface area contributed by atoms with Crippen LogP contribution in [0.15, 0.2) is 24.3 Å². The fourth-order valence-corrected chi connectivity index (χ4v) is 4.97. The fraction of sp³-hybridized carbons (Fsp3) is 0.613. The molecule has 250 valence electrons. The summed E-state index contributed by atoms with van der Waals surface area (Å²) in [7, 11) is 1.84. The van der Waals surface area contributed by atoms with E-state index < -0.39 is 35.8 Å². The molecule has 1 saturated heterocycles. The van der Waals surface area contributed by atoms with Gasteiger partial charge in [-0.3, -0.25) is 24.0 Å². The maximum atomic E-state index is 13.3. The molecule has 0 unspecified atom stereocenters. The van der Waals surface area contributed by atoms with Gasteiger partial charge in [-0.15, -0.1) is 0 Å². The Kier molecular flexibility index (Phi) is 15.8. The number of benzene rings is 1. The van der Waals surface area contributed by atoms with Gasteiger partial charge in [0.1, 0.15) is 12.1 Å². The molecule has 0 aliphatic carbocycles. The van der Waals surface area contributed by atoms with E-state index in [-0.39, 0.29) is 49.5 Å². The lowest BCUT2D eigenvalue weighted by Gasteiger charge is -2.31. The number of carbonyl (C=O) groups excluding carboxylic acids is 6. The largest absolute Gasteiger partial charge is 0.466 e. The SMILES string of the molecule is CCOC(=O)C1CCN(C(=O)CCC(=O)N[C@H](C(=O)N[C@@H](CCCNC(N)=O)C(=O)Nc2ccc(CNC)cc2)C(C)C)CC1. The number of esters is 1. The Bertz CT molecular complexity index is 1150. The van der Waals surface area contributed by atoms with Crippen LogP contribution in [-0.4, -0.2) is 85.9 Å². The van der Waals surface area contributed by atoms with Crippen molar-refractivity contribution in [2.45, 2.75) is 77.9 Å². The van der Waals surface area contributed by atoms with Crippen molar-refractivity contribution >= 4 is 41.3 Å². The molecular formula is C31H49N7O7. The van der Waals surface area contributed by atoms with Crippen molar-refractivity contribution < 1.29 is 33.5 Å². The average Bonchev–Trinajstić information content (AvgIpc) is 3.01. The van der Waals surface area contributed by atoms with Gasteiger partial charge in [-0.25, -0.2) is 4.79 Å². The first kappa shape index (κ1) is 37.0. The van der Waals surface area contributed by atoms with Gasteiger partial charge >= 0.3 is 12.0 Å². The lowest BCUT2D eigenvalue weighted by molar-refractivity contribution is -0.151. The quantitative estimate of drug-likeness (QED) is 0.108. The van der Waals surface area contributed by atoms with Gasteiger partial charge in [0, 0.05) is 44.7 Å². The number of likely N-dealkylation sites (tertiary alicyclic amines) is 1. The third-order valence-corrected chi connectivity index (χ3v) is 7.50. The summed E-state index contributed by atoms with van der Waals surface area (Å²) in [5.41, 5.74) is 6.72. The van der Waals surface area contributed by atoms with Gasteiger partial charge < -0.3 is 42.0 Å². The number of ether oxygens (including phenoxy) is 1. The van der Waals surface area contributed by atoms with E-state index in [1.807, 2.05) is 19.2 Å². The number of amides is 6. The van der Waals surface area contributed by atoms with Crippen LogP contribution in [0.25, 0.3) is 0 Å². The van der Waals surface area contributed by atoms with Crippen molar-refractivity contribution in [2.75, 3.05) is 38.6 Å². The molecule has 1 fully saturated rings. The molecule has 0 saturated carbocycles. The van der Waals surface area contributed by atoms with Crippen molar-refractivity contribution in [3.63, 3.8) is 0 Å². The number of nitrogens with two attached hydrogens (primary N) is 1. The minimum absolute atomic E-state index is 0.0344. The summed E-state index contributed by atoms with van der Waals surface area (Å²) in [6.07, 6.45) is 1.45. The third-order valence-electron chi connectivity index (χ3n) is 7.50. The van der Waals surface area contributed by atoms with Crippen LogP contribution in [0.4, 0.5) is 10.5 Å². The summed E-state index contributed by atoms with van der Waals surface area (Å²) in [5, 5.41) is 13.8. The third kappa shape index (κ3) is 13.1. The maximum absolute atomic E-state index is 13.3. The molecular weight excluding hydrogens is 582 g/mol. The van der Waals surface area contributed by atoms with Gasteiger partial charge in [0.05, 0.1) is 12.5 Å². The predicted molar refractivity (Wildman–Crippen MR) is 169 cm³/mol.